The Morgan fingerprint density at radius 2 is 1.88 bits per heavy atom. The molecule has 0 fully saturated rings. The van der Waals surface area contributed by atoms with Crippen LogP contribution in [0.15, 0.2) is 48.0 Å². The summed E-state index contributed by atoms with van der Waals surface area (Å²) >= 11 is 0. The van der Waals surface area contributed by atoms with Crippen molar-refractivity contribution in [2.24, 2.45) is 5.73 Å². The van der Waals surface area contributed by atoms with Gasteiger partial charge >= 0.3 is 0 Å². The third-order valence-corrected chi connectivity index (χ3v) is 5.57. The Labute approximate surface area is 193 Å². The Bertz CT molecular complexity index is 1200. The van der Waals surface area contributed by atoms with E-state index in [1.807, 2.05) is 24.3 Å². The zero-order chi connectivity index (χ0) is 22.4. The Balaban J connectivity index is 0.00000289. The lowest BCUT2D eigenvalue weighted by molar-refractivity contribution is 0.100. The highest BCUT2D eigenvalue weighted by Crippen LogP contribution is 2.35. The maximum Gasteiger partial charge on any atom is 0.250 e. The van der Waals surface area contributed by atoms with Gasteiger partial charge in [-0.05, 0) is 63.6 Å². The summed E-state index contributed by atoms with van der Waals surface area (Å²) in [6, 6.07) is 11.0. The number of imidazole rings is 1. The minimum absolute atomic E-state index is 0. The fraction of sp³-hybridized carbons (Fsp3) is 0.333. The topological polar surface area (TPSA) is 102 Å². The van der Waals surface area contributed by atoms with Gasteiger partial charge in [0.2, 0.25) is 0 Å². The predicted molar refractivity (Wildman–Crippen MR) is 129 cm³/mol. The van der Waals surface area contributed by atoms with Crippen LogP contribution in [0.2, 0.25) is 0 Å². The molecular weight excluding hydrogens is 428 g/mol. The largest absolute Gasteiger partial charge is 0.493 e. The number of primary amides is 1. The molecule has 0 spiro atoms. The number of carbonyl (C=O) groups excluding carboxylic acids is 1. The number of nitrogens with zero attached hydrogens (tertiary/aromatic N) is 1. The highest BCUT2D eigenvalue weighted by molar-refractivity contribution is 6.04. The van der Waals surface area contributed by atoms with Gasteiger partial charge in [-0.3, -0.25) is 10.1 Å². The molecule has 1 amide bonds. The van der Waals surface area contributed by atoms with Crippen molar-refractivity contribution in [1.29, 1.82) is 0 Å². The first-order chi connectivity index (χ1) is 14.6. The van der Waals surface area contributed by atoms with Crippen molar-refractivity contribution in [3.63, 3.8) is 0 Å². The van der Waals surface area contributed by atoms with Crippen molar-refractivity contribution in [2.75, 3.05) is 13.7 Å². The fourth-order valence-corrected chi connectivity index (χ4v) is 4.22. The predicted octanol–water partition coefficient (Wildman–Crippen LogP) is 4.22. The number of carbonyl (C=O) groups is 1. The minimum atomic E-state index is -0.508. The molecule has 170 valence electrons. The molecule has 2 aromatic carbocycles. The number of amides is 1. The van der Waals surface area contributed by atoms with Crippen LogP contribution < -0.4 is 20.5 Å². The van der Waals surface area contributed by atoms with Gasteiger partial charge in [-0.15, -0.1) is 12.4 Å². The molecule has 0 aliphatic carbocycles. The second kappa shape index (κ2) is 8.48. The Hall–Kier alpha value is -3.03. The number of rotatable bonds is 6. The van der Waals surface area contributed by atoms with E-state index in [2.05, 4.69) is 49.1 Å². The quantitative estimate of drug-likeness (QED) is 0.482. The van der Waals surface area contributed by atoms with Crippen LogP contribution in [0, 0.1) is 0 Å². The number of hydrogen-bond acceptors (Lipinski definition) is 5. The van der Waals surface area contributed by atoms with Crippen LogP contribution in [-0.4, -0.2) is 40.7 Å². The first-order valence-corrected chi connectivity index (χ1v) is 10.2. The number of nitrogens with one attached hydrogen (secondary N) is 2. The van der Waals surface area contributed by atoms with Gasteiger partial charge < -0.3 is 20.2 Å². The van der Waals surface area contributed by atoms with Crippen LogP contribution in [0.1, 0.15) is 38.1 Å². The smallest absolute Gasteiger partial charge is 0.250 e. The molecule has 3 aromatic rings. The van der Waals surface area contributed by atoms with Gasteiger partial charge in [0, 0.05) is 16.6 Å². The highest BCUT2D eigenvalue weighted by atomic mass is 35.5. The Kier molecular flexibility index (Phi) is 6.26. The number of aromatic nitrogens is 2. The number of nitrogens with two attached hydrogens (primary N) is 1. The van der Waals surface area contributed by atoms with E-state index in [0.29, 0.717) is 35.0 Å². The number of hydrogen-bond donors (Lipinski definition) is 3. The molecule has 2 heterocycles. The van der Waals surface area contributed by atoms with E-state index in [0.717, 1.165) is 11.1 Å². The molecule has 1 aromatic heterocycles. The van der Waals surface area contributed by atoms with Crippen LogP contribution in [0.5, 0.6) is 11.5 Å². The molecule has 0 atom stereocenters. The van der Waals surface area contributed by atoms with Gasteiger partial charge in [0.15, 0.2) is 11.5 Å². The van der Waals surface area contributed by atoms with Crippen LogP contribution in [0.4, 0.5) is 0 Å². The average molecular weight is 457 g/mol. The van der Waals surface area contributed by atoms with Gasteiger partial charge in [-0.1, -0.05) is 12.1 Å². The zero-order valence-electron chi connectivity index (χ0n) is 18.9. The number of aromatic amines is 1. The standard InChI is InChI=1S/C24H28N4O3.ClH/c1-23(2)12-15(24(3,4)28-23)13-31-18-10-9-14(11-19(18)30-5)22-26-17-8-6-7-16(21(25)29)20(17)27-22;/h6-12,28H,13H2,1-5H3,(H2,25,29)(H,26,27);1H. The molecule has 1 aliphatic heterocycles. The minimum Gasteiger partial charge on any atom is -0.493 e. The fourth-order valence-electron chi connectivity index (χ4n) is 4.22. The van der Waals surface area contributed by atoms with E-state index in [-0.39, 0.29) is 23.5 Å². The number of methoxy groups -OCH3 is 1. The van der Waals surface area contributed by atoms with Crippen molar-refractivity contribution in [1.82, 2.24) is 15.3 Å². The molecule has 0 unspecified atom stereocenters. The number of para-hydroxylation sites is 1. The van der Waals surface area contributed by atoms with Crippen molar-refractivity contribution in [3.05, 3.63) is 53.6 Å². The third kappa shape index (κ3) is 4.45. The zero-order valence-corrected chi connectivity index (χ0v) is 19.7. The molecular formula is C24H29ClN4O3. The molecule has 32 heavy (non-hydrogen) atoms. The first-order valence-electron chi connectivity index (χ1n) is 10.2. The monoisotopic (exact) mass is 456 g/mol. The van der Waals surface area contributed by atoms with E-state index in [9.17, 15) is 4.79 Å². The summed E-state index contributed by atoms with van der Waals surface area (Å²) in [6.45, 7) is 9.06. The lowest BCUT2D eigenvalue weighted by Gasteiger charge is -2.28. The van der Waals surface area contributed by atoms with E-state index in [1.165, 1.54) is 5.57 Å². The van der Waals surface area contributed by atoms with E-state index < -0.39 is 5.91 Å². The SMILES string of the molecule is COc1cc(-c2nc3c(C(N)=O)cccc3[nH]2)ccc1OCC1=CC(C)(C)NC1(C)C.Cl. The number of fused-ring (bicyclic) bond motifs is 1. The van der Waals surface area contributed by atoms with Crippen molar-refractivity contribution >= 4 is 29.3 Å². The van der Waals surface area contributed by atoms with Crippen LogP contribution in [0.3, 0.4) is 0 Å². The normalized spacial score (nSPS) is 16.3. The number of benzene rings is 2. The molecule has 1 aliphatic rings. The Morgan fingerprint density at radius 3 is 2.50 bits per heavy atom. The lowest BCUT2D eigenvalue weighted by Crippen LogP contribution is -2.46. The van der Waals surface area contributed by atoms with E-state index in [4.69, 9.17) is 15.2 Å². The van der Waals surface area contributed by atoms with Crippen molar-refractivity contribution < 1.29 is 14.3 Å². The van der Waals surface area contributed by atoms with Gasteiger partial charge in [0.25, 0.3) is 5.91 Å². The maximum absolute atomic E-state index is 11.7. The molecule has 8 heteroatoms. The molecule has 0 saturated carbocycles. The van der Waals surface area contributed by atoms with E-state index >= 15 is 0 Å². The molecule has 0 saturated heterocycles. The van der Waals surface area contributed by atoms with Gasteiger partial charge in [0.05, 0.1) is 18.2 Å². The van der Waals surface area contributed by atoms with Crippen molar-refractivity contribution in [2.45, 2.75) is 38.8 Å². The highest BCUT2D eigenvalue weighted by Gasteiger charge is 2.36. The van der Waals surface area contributed by atoms with Gasteiger partial charge in [-0.2, -0.15) is 0 Å². The summed E-state index contributed by atoms with van der Waals surface area (Å²) in [6.07, 6.45) is 2.22. The molecule has 0 bridgehead atoms. The third-order valence-electron chi connectivity index (χ3n) is 5.57. The average Bonchev–Trinajstić information content (AvgIpc) is 3.22. The molecule has 4 rings (SSSR count). The number of H-pyrrole nitrogens is 1. The van der Waals surface area contributed by atoms with Crippen molar-refractivity contribution in [3.8, 4) is 22.9 Å². The summed E-state index contributed by atoms with van der Waals surface area (Å²) in [5, 5.41) is 3.59. The first kappa shape index (κ1) is 23.6. The summed E-state index contributed by atoms with van der Waals surface area (Å²) in [4.78, 5) is 19.5. The number of ether oxygens (including phenoxy) is 2. The van der Waals surface area contributed by atoms with Crippen LogP contribution in [0.25, 0.3) is 22.4 Å². The second-order valence-electron chi connectivity index (χ2n) is 8.95. The van der Waals surface area contributed by atoms with Crippen LogP contribution >= 0.6 is 12.4 Å². The molecule has 7 nitrogen and oxygen atoms in total. The lowest BCUT2D eigenvalue weighted by atomic mass is 9.98. The van der Waals surface area contributed by atoms with E-state index in [1.54, 1.807) is 19.2 Å². The molecule has 4 N–H and O–H groups in total. The summed E-state index contributed by atoms with van der Waals surface area (Å²) < 4.78 is 11.7. The van der Waals surface area contributed by atoms with Gasteiger partial charge in [0.1, 0.15) is 17.9 Å². The molecule has 0 radical (unpaired) electrons. The number of halogens is 1. The van der Waals surface area contributed by atoms with Gasteiger partial charge in [-0.25, -0.2) is 4.98 Å². The summed E-state index contributed by atoms with van der Waals surface area (Å²) in [7, 11) is 1.61. The second-order valence-corrected chi connectivity index (χ2v) is 8.95. The Morgan fingerprint density at radius 1 is 1.12 bits per heavy atom. The summed E-state index contributed by atoms with van der Waals surface area (Å²) in [5.74, 6) is 1.38. The maximum atomic E-state index is 11.7. The van der Waals surface area contributed by atoms with Crippen LogP contribution in [-0.2, 0) is 0 Å². The summed E-state index contributed by atoms with van der Waals surface area (Å²) in [5.41, 5.74) is 8.97.